The molecule has 0 fully saturated rings. The molecule has 0 saturated carbocycles. The van der Waals surface area contributed by atoms with E-state index >= 15 is 0 Å². The molecule has 4 nitrogen and oxygen atoms in total. The highest BCUT2D eigenvalue weighted by molar-refractivity contribution is 7.08. The van der Waals surface area contributed by atoms with Crippen LogP contribution >= 0.6 is 22.9 Å². The molecule has 0 radical (unpaired) electrons. The van der Waals surface area contributed by atoms with E-state index in [9.17, 15) is 4.79 Å². The Kier molecular flexibility index (Phi) is 4.90. The molecule has 0 atom stereocenters. The lowest BCUT2D eigenvalue weighted by Gasteiger charge is -2.09. The topological polar surface area (TPSA) is 54.0 Å². The Labute approximate surface area is 143 Å². The fourth-order valence-corrected chi connectivity index (χ4v) is 2.93. The molecule has 2 heterocycles. The summed E-state index contributed by atoms with van der Waals surface area (Å²) in [5.41, 5.74) is 3.68. The van der Waals surface area contributed by atoms with Crippen LogP contribution in [-0.2, 0) is 6.54 Å². The Morgan fingerprint density at radius 1 is 1.17 bits per heavy atom. The lowest BCUT2D eigenvalue weighted by molar-refractivity contribution is 0.251. The molecule has 23 heavy (non-hydrogen) atoms. The van der Waals surface area contributed by atoms with Gasteiger partial charge in [0.05, 0.1) is 10.7 Å². The van der Waals surface area contributed by atoms with E-state index in [0.717, 1.165) is 16.7 Å². The number of urea groups is 1. The van der Waals surface area contributed by atoms with Gasteiger partial charge in [-0.1, -0.05) is 23.7 Å². The van der Waals surface area contributed by atoms with Gasteiger partial charge in [0.15, 0.2) is 0 Å². The fraction of sp³-hybridized carbons (Fsp3) is 0.0588. The summed E-state index contributed by atoms with van der Waals surface area (Å²) in [6.45, 7) is 0.390. The second-order valence-corrected chi connectivity index (χ2v) is 6.07. The summed E-state index contributed by atoms with van der Waals surface area (Å²) in [6, 6.07) is 10.9. The third-order valence-corrected chi connectivity index (χ3v) is 4.24. The SMILES string of the molecule is O=C(NCc1cncc(-c2ccsc2)c1)Nc1ccccc1Cl. The standard InChI is InChI=1S/C17H14ClN3OS/c18-15-3-1-2-4-16(15)21-17(22)20-9-12-7-14(10-19-8-12)13-5-6-23-11-13/h1-8,10-11H,9H2,(H2,20,21,22). The lowest BCUT2D eigenvalue weighted by Crippen LogP contribution is -2.28. The molecule has 2 N–H and O–H groups in total. The molecule has 0 spiro atoms. The summed E-state index contributed by atoms with van der Waals surface area (Å²) in [6.07, 6.45) is 3.56. The van der Waals surface area contributed by atoms with E-state index < -0.39 is 0 Å². The number of carbonyl (C=O) groups excluding carboxylic acids is 1. The van der Waals surface area contributed by atoms with Crippen molar-refractivity contribution in [2.45, 2.75) is 6.54 Å². The maximum Gasteiger partial charge on any atom is 0.319 e. The molecule has 0 unspecified atom stereocenters. The van der Waals surface area contributed by atoms with Gasteiger partial charge in [-0.15, -0.1) is 0 Å². The molecule has 6 heteroatoms. The highest BCUT2D eigenvalue weighted by atomic mass is 35.5. The number of halogens is 1. The van der Waals surface area contributed by atoms with Crippen molar-refractivity contribution in [1.82, 2.24) is 10.3 Å². The highest BCUT2D eigenvalue weighted by Crippen LogP contribution is 2.22. The van der Waals surface area contributed by atoms with Crippen molar-refractivity contribution < 1.29 is 4.79 Å². The van der Waals surface area contributed by atoms with Gasteiger partial charge in [-0.25, -0.2) is 4.79 Å². The van der Waals surface area contributed by atoms with Crippen LogP contribution in [0.5, 0.6) is 0 Å². The summed E-state index contributed by atoms with van der Waals surface area (Å²) in [5, 5.41) is 10.1. The highest BCUT2D eigenvalue weighted by Gasteiger charge is 2.06. The van der Waals surface area contributed by atoms with Gasteiger partial charge in [0.1, 0.15) is 0 Å². The largest absolute Gasteiger partial charge is 0.334 e. The quantitative estimate of drug-likeness (QED) is 0.716. The van der Waals surface area contributed by atoms with Gasteiger partial charge in [-0.05, 0) is 46.2 Å². The molecule has 0 saturated heterocycles. The average Bonchev–Trinajstić information content (AvgIpc) is 3.10. The first-order valence-corrected chi connectivity index (χ1v) is 8.30. The smallest absolute Gasteiger partial charge is 0.319 e. The molecular weight excluding hydrogens is 330 g/mol. The number of pyridine rings is 1. The molecule has 1 aromatic carbocycles. The van der Waals surface area contributed by atoms with Crippen molar-refractivity contribution >= 4 is 34.7 Å². The van der Waals surface area contributed by atoms with Gasteiger partial charge in [-0.3, -0.25) is 4.98 Å². The van der Waals surface area contributed by atoms with Crippen molar-refractivity contribution in [3.63, 3.8) is 0 Å². The normalized spacial score (nSPS) is 10.3. The summed E-state index contributed by atoms with van der Waals surface area (Å²) < 4.78 is 0. The van der Waals surface area contributed by atoms with Crippen LogP contribution in [0.25, 0.3) is 11.1 Å². The van der Waals surface area contributed by atoms with E-state index in [2.05, 4.69) is 21.0 Å². The number of hydrogen-bond donors (Lipinski definition) is 2. The van der Waals surface area contributed by atoms with Gasteiger partial charge in [0.2, 0.25) is 0 Å². The first kappa shape index (κ1) is 15.5. The molecule has 2 aromatic heterocycles. The Morgan fingerprint density at radius 2 is 2.04 bits per heavy atom. The molecule has 0 aliphatic heterocycles. The third-order valence-electron chi connectivity index (χ3n) is 3.22. The number of carbonyl (C=O) groups is 1. The molecular formula is C17H14ClN3OS. The summed E-state index contributed by atoms with van der Waals surface area (Å²) in [5.74, 6) is 0. The van der Waals surface area contributed by atoms with Gasteiger partial charge in [-0.2, -0.15) is 11.3 Å². The van der Waals surface area contributed by atoms with Crippen LogP contribution in [0, 0.1) is 0 Å². The number of amides is 2. The maximum atomic E-state index is 12.0. The number of nitrogens with zero attached hydrogens (tertiary/aromatic N) is 1. The van der Waals surface area contributed by atoms with Gasteiger partial charge < -0.3 is 10.6 Å². The summed E-state index contributed by atoms with van der Waals surface area (Å²) in [4.78, 5) is 16.2. The van der Waals surface area contributed by atoms with Crippen LogP contribution in [0.1, 0.15) is 5.56 Å². The number of hydrogen-bond acceptors (Lipinski definition) is 3. The van der Waals surface area contributed by atoms with Crippen LogP contribution in [0.15, 0.2) is 59.6 Å². The molecule has 2 amide bonds. The molecule has 116 valence electrons. The molecule has 0 aliphatic rings. The van der Waals surface area contributed by atoms with E-state index in [1.54, 1.807) is 29.7 Å². The lowest BCUT2D eigenvalue weighted by atomic mass is 10.1. The number of para-hydroxylation sites is 1. The second-order valence-electron chi connectivity index (χ2n) is 4.88. The fourth-order valence-electron chi connectivity index (χ4n) is 2.08. The minimum Gasteiger partial charge on any atom is -0.334 e. The minimum absolute atomic E-state index is 0.306. The molecule has 0 bridgehead atoms. The Hall–Kier alpha value is -2.37. The van der Waals surface area contributed by atoms with Crippen molar-refractivity contribution in [1.29, 1.82) is 0 Å². The Morgan fingerprint density at radius 3 is 2.83 bits per heavy atom. The van der Waals surface area contributed by atoms with Crippen LogP contribution in [0.2, 0.25) is 5.02 Å². The number of thiophene rings is 1. The van der Waals surface area contributed by atoms with E-state index in [1.807, 2.05) is 35.8 Å². The van der Waals surface area contributed by atoms with Crippen LogP contribution in [-0.4, -0.2) is 11.0 Å². The van der Waals surface area contributed by atoms with Crippen LogP contribution in [0.4, 0.5) is 10.5 Å². The van der Waals surface area contributed by atoms with Crippen molar-refractivity contribution in [3.8, 4) is 11.1 Å². The predicted molar refractivity (Wildman–Crippen MR) is 94.9 cm³/mol. The van der Waals surface area contributed by atoms with Crippen LogP contribution in [0.3, 0.4) is 0 Å². The molecule has 3 rings (SSSR count). The zero-order chi connectivity index (χ0) is 16.1. The van der Waals surface area contributed by atoms with Gasteiger partial charge >= 0.3 is 6.03 Å². The van der Waals surface area contributed by atoms with Crippen molar-refractivity contribution in [2.75, 3.05) is 5.32 Å². The first-order valence-electron chi connectivity index (χ1n) is 6.98. The Balaban J connectivity index is 1.61. The number of rotatable bonds is 4. The summed E-state index contributed by atoms with van der Waals surface area (Å²) >= 11 is 7.65. The van der Waals surface area contributed by atoms with Crippen molar-refractivity contribution in [3.05, 3.63) is 70.1 Å². The van der Waals surface area contributed by atoms with Crippen LogP contribution < -0.4 is 10.6 Å². The minimum atomic E-state index is -0.306. The predicted octanol–water partition coefficient (Wildman–Crippen LogP) is 4.79. The third kappa shape index (κ3) is 4.09. The monoisotopic (exact) mass is 343 g/mol. The summed E-state index contributed by atoms with van der Waals surface area (Å²) in [7, 11) is 0. The van der Waals surface area contributed by atoms with E-state index in [0.29, 0.717) is 17.3 Å². The van der Waals surface area contributed by atoms with Gasteiger partial charge in [0.25, 0.3) is 0 Å². The number of benzene rings is 1. The first-order chi connectivity index (χ1) is 11.2. The van der Waals surface area contributed by atoms with Gasteiger partial charge in [0, 0.05) is 24.5 Å². The average molecular weight is 344 g/mol. The number of aromatic nitrogens is 1. The zero-order valence-corrected chi connectivity index (χ0v) is 13.7. The number of anilines is 1. The number of nitrogens with one attached hydrogen (secondary N) is 2. The second kappa shape index (κ2) is 7.26. The van der Waals surface area contributed by atoms with E-state index in [4.69, 9.17) is 11.6 Å². The van der Waals surface area contributed by atoms with Crippen molar-refractivity contribution in [2.24, 2.45) is 0 Å². The maximum absolute atomic E-state index is 12.0. The van der Waals surface area contributed by atoms with E-state index in [1.165, 1.54) is 0 Å². The van der Waals surface area contributed by atoms with E-state index in [-0.39, 0.29) is 6.03 Å². The molecule has 0 aliphatic carbocycles. The zero-order valence-electron chi connectivity index (χ0n) is 12.1. The molecule has 3 aromatic rings. The Bertz CT molecular complexity index is 805.